The van der Waals surface area contributed by atoms with E-state index in [2.05, 4.69) is 0 Å². The van der Waals surface area contributed by atoms with Gasteiger partial charge >= 0.3 is 0 Å². The predicted octanol–water partition coefficient (Wildman–Crippen LogP) is 2.22. The second-order valence-electron chi connectivity index (χ2n) is 5.53. The van der Waals surface area contributed by atoms with Crippen molar-refractivity contribution in [1.29, 1.82) is 0 Å². The highest BCUT2D eigenvalue weighted by Gasteiger charge is 2.39. The Morgan fingerprint density at radius 2 is 1.81 bits per heavy atom. The monoisotopic (exact) mass is 336 g/mol. The average Bonchev–Trinajstić information content (AvgIpc) is 3.12. The Kier molecular flexibility index (Phi) is 5.77. The number of likely N-dealkylation sites (N-methyl/N-ethyl adjacent to an activating group) is 1. The molecule has 4 nitrogen and oxygen atoms in total. The highest BCUT2D eigenvalue weighted by molar-refractivity contribution is 7.89. The van der Waals surface area contributed by atoms with E-state index in [1.54, 1.807) is 20.9 Å². The van der Waals surface area contributed by atoms with Gasteiger partial charge in [-0.15, -0.1) is 12.4 Å². The summed E-state index contributed by atoms with van der Waals surface area (Å²) in [7, 11) is -2.08. The van der Waals surface area contributed by atoms with E-state index in [1.807, 2.05) is 0 Å². The number of rotatable bonds is 5. The van der Waals surface area contributed by atoms with Gasteiger partial charge in [0.05, 0.1) is 4.90 Å². The van der Waals surface area contributed by atoms with E-state index in [4.69, 9.17) is 5.73 Å². The van der Waals surface area contributed by atoms with Crippen LogP contribution in [0.5, 0.6) is 0 Å². The third kappa shape index (κ3) is 3.56. The molecule has 1 aliphatic carbocycles. The first-order valence-electron chi connectivity index (χ1n) is 6.74. The quantitative estimate of drug-likeness (QED) is 0.896. The summed E-state index contributed by atoms with van der Waals surface area (Å²) in [4.78, 5) is 0.195. The van der Waals surface area contributed by atoms with Crippen molar-refractivity contribution < 1.29 is 12.8 Å². The number of nitrogens with two attached hydrogens (primary N) is 1. The molecule has 1 aromatic carbocycles. The number of benzene rings is 1. The molecule has 1 fully saturated rings. The highest BCUT2D eigenvalue weighted by Crippen LogP contribution is 2.37. The molecule has 120 valence electrons. The van der Waals surface area contributed by atoms with E-state index < -0.39 is 15.8 Å². The zero-order valence-corrected chi connectivity index (χ0v) is 14.1. The highest BCUT2D eigenvalue weighted by atomic mass is 35.5. The maximum atomic E-state index is 13.3. The molecule has 0 amide bonds. The molecule has 1 saturated carbocycles. The van der Waals surface area contributed by atoms with Gasteiger partial charge in [-0.25, -0.2) is 12.8 Å². The summed E-state index contributed by atoms with van der Waals surface area (Å²) in [6, 6.07) is 2.33. The normalized spacial score (nSPS) is 16.7. The molecule has 2 rings (SSSR count). The summed E-state index contributed by atoms with van der Waals surface area (Å²) in [6.07, 6.45) is 2.03. The molecule has 0 spiro atoms. The first-order valence-corrected chi connectivity index (χ1v) is 8.18. The van der Waals surface area contributed by atoms with Crippen LogP contribution in [-0.4, -0.2) is 32.4 Å². The second kappa shape index (κ2) is 6.60. The smallest absolute Gasteiger partial charge is 0.243 e. The molecule has 7 heteroatoms. The Morgan fingerprint density at radius 3 is 2.19 bits per heavy atom. The Bertz CT molecular complexity index is 594. The van der Waals surface area contributed by atoms with Crippen molar-refractivity contribution in [2.45, 2.75) is 37.6 Å². The first kappa shape index (κ1) is 18.4. The van der Waals surface area contributed by atoms with Crippen LogP contribution < -0.4 is 5.73 Å². The molecule has 0 aromatic heterocycles. The fourth-order valence-electron chi connectivity index (χ4n) is 2.75. The van der Waals surface area contributed by atoms with E-state index in [1.165, 1.54) is 16.4 Å². The Labute approximate surface area is 132 Å². The van der Waals surface area contributed by atoms with Crippen molar-refractivity contribution in [3.05, 3.63) is 29.1 Å². The second-order valence-corrected chi connectivity index (χ2v) is 7.46. The van der Waals surface area contributed by atoms with E-state index >= 15 is 0 Å². The lowest BCUT2D eigenvalue weighted by Crippen LogP contribution is -2.43. The van der Waals surface area contributed by atoms with E-state index in [0.717, 1.165) is 12.8 Å². The largest absolute Gasteiger partial charge is 0.329 e. The van der Waals surface area contributed by atoms with Crippen LogP contribution in [0, 0.1) is 25.6 Å². The van der Waals surface area contributed by atoms with Crippen LogP contribution in [0.1, 0.15) is 24.0 Å². The van der Waals surface area contributed by atoms with Gasteiger partial charge in [0, 0.05) is 19.6 Å². The average molecular weight is 337 g/mol. The van der Waals surface area contributed by atoms with Gasteiger partial charge < -0.3 is 5.73 Å². The van der Waals surface area contributed by atoms with Gasteiger partial charge in [-0.3, -0.25) is 0 Å². The van der Waals surface area contributed by atoms with Gasteiger partial charge in [0.1, 0.15) is 5.82 Å². The van der Waals surface area contributed by atoms with Crippen molar-refractivity contribution in [2.24, 2.45) is 11.7 Å². The van der Waals surface area contributed by atoms with Crippen molar-refractivity contribution in [1.82, 2.24) is 4.31 Å². The molecular formula is C14H22ClFN2O2S. The number of sulfonamides is 1. The van der Waals surface area contributed by atoms with Crippen LogP contribution in [0.4, 0.5) is 4.39 Å². The maximum Gasteiger partial charge on any atom is 0.243 e. The fraction of sp³-hybridized carbons (Fsp3) is 0.571. The maximum absolute atomic E-state index is 13.3. The van der Waals surface area contributed by atoms with Crippen molar-refractivity contribution in [3.8, 4) is 0 Å². The number of aryl methyl sites for hydroxylation is 2. The third-order valence-corrected chi connectivity index (χ3v) is 6.13. The zero-order chi connectivity index (χ0) is 15.1. The van der Waals surface area contributed by atoms with Crippen LogP contribution in [-0.2, 0) is 10.0 Å². The summed E-state index contributed by atoms with van der Waals surface area (Å²) in [5, 5.41) is 0. The van der Waals surface area contributed by atoms with Gasteiger partial charge in [0.25, 0.3) is 0 Å². The summed E-state index contributed by atoms with van der Waals surface area (Å²) in [6.45, 7) is 3.54. The van der Waals surface area contributed by atoms with Gasteiger partial charge in [-0.1, -0.05) is 0 Å². The van der Waals surface area contributed by atoms with Crippen LogP contribution in [0.25, 0.3) is 0 Å². The van der Waals surface area contributed by atoms with Crippen molar-refractivity contribution >= 4 is 22.4 Å². The number of halogens is 2. The molecule has 2 N–H and O–H groups in total. The molecule has 0 saturated heterocycles. The lowest BCUT2D eigenvalue weighted by atomic mass is 10.1. The van der Waals surface area contributed by atoms with Crippen LogP contribution in [0.2, 0.25) is 0 Å². The molecule has 0 aliphatic heterocycles. The topological polar surface area (TPSA) is 63.4 Å². The molecule has 1 aliphatic rings. The summed E-state index contributed by atoms with van der Waals surface area (Å²) < 4.78 is 40.2. The van der Waals surface area contributed by atoms with Gasteiger partial charge in [0.15, 0.2) is 0 Å². The lowest BCUT2D eigenvalue weighted by molar-refractivity contribution is 0.340. The molecule has 0 bridgehead atoms. The molecular weight excluding hydrogens is 315 g/mol. The Balaban J connectivity index is 0.00000220. The van der Waals surface area contributed by atoms with E-state index in [9.17, 15) is 12.8 Å². The SMILES string of the molecule is Cc1cc(F)cc(C)c1S(=O)(=O)N(C)C(CN)C1CC1.Cl. The molecule has 0 heterocycles. The molecule has 1 atom stereocenters. The molecule has 1 aromatic rings. The Hall–Kier alpha value is -0.690. The molecule has 1 unspecified atom stereocenters. The Morgan fingerprint density at radius 1 is 1.33 bits per heavy atom. The minimum absolute atomic E-state index is 0. The van der Waals surface area contributed by atoms with Crippen molar-refractivity contribution in [2.75, 3.05) is 13.6 Å². The molecule has 0 radical (unpaired) electrons. The number of hydrogen-bond donors (Lipinski definition) is 1. The summed E-state index contributed by atoms with van der Waals surface area (Å²) in [5.41, 5.74) is 6.59. The van der Waals surface area contributed by atoms with Crippen LogP contribution >= 0.6 is 12.4 Å². The predicted molar refractivity (Wildman–Crippen MR) is 83.6 cm³/mol. The first-order chi connectivity index (χ1) is 9.28. The van der Waals surface area contributed by atoms with E-state index in [0.29, 0.717) is 23.6 Å². The van der Waals surface area contributed by atoms with Crippen LogP contribution in [0.15, 0.2) is 17.0 Å². The lowest BCUT2D eigenvalue weighted by Gasteiger charge is -2.27. The standard InChI is InChI=1S/C14H21FN2O2S.ClH/c1-9-6-12(15)7-10(2)14(9)20(18,19)17(3)13(8-16)11-4-5-11;/h6-7,11,13H,4-5,8,16H2,1-3H3;1H. The molecule has 21 heavy (non-hydrogen) atoms. The zero-order valence-electron chi connectivity index (χ0n) is 12.5. The van der Waals surface area contributed by atoms with Gasteiger partial charge in [-0.2, -0.15) is 4.31 Å². The summed E-state index contributed by atoms with van der Waals surface area (Å²) in [5.74, 6) is -0.0694. The number of nitrogens with zero attached hydrogens (tertiary/aromatic N) is 1. The fourth-order valence-corrected chi connectivity index (χ4v) is 4.58. The summed E-state index contributed by atoms with van der Waals surface area (Å²) >= 11 is 0. The minimum Gasteiger partial charge on any atom is -0.329 e. The third-order valence-electron chi connectivity index (χ3n) is 3.94. The van der Waals surface area contributed by atoms with Gasteiger partial charge in [-0.05, 0) is 55.9 Å². The van der Waals surface area contributed by atoms with Gasteiger partial charge in [0.2, 0.25) is 10.0 Å². The van der Waals surface area contributed by atoms with Crippen molar-refractivity contribution in [3.63, 3.8) is 0 Å². The minimum atomic E-state index is -3.65. The number of hydrogen-bond acceptors (Lipinski definition) is 3. The van der Waals surface area contributed by atoms with E-state index in [-0.39, 0.29) is 23.3 Å². The van der Waals surface area contributed by atoms with Crippen LogP contribution in [0.3, 0.4) is 0 Å².